The fourth-order valence-electron chi connectivity index (χ4n) is 2.25. The van der Waals surface area contributed by atoms with Crippen molar-refractivity contribution in [2.24, 2.45) is 0 Å². The minimum atomic E-state index is -0.896. The molecule has 1 aliphatic rings. The number of piperidine rings is 1. The lowest BCUT2D eigenvalue weighted by atomic mass is 9.99. The van der Waals surface area contributed by atoms with Crippen LogP contribution in [0.15, 0.2) is 12.4 Å². The summed E-state index contributed by atoms with van der Waals surface area (Å²) in [6.45, 7) is 0.557. The van der Waals surface area contributed by atoms with Gasteiger partial charge in [-0.25, -0.2) is 9.97 Å². The summed E-state index contributed by atoms with van der Waals surface area (Å²) in [4.78, 5) is 32.5. The molecular weight excluding hydrogens is 270 g/mol. The number of nitrogens with zero attached hydrogens (tertiary/aromatic N) is 3. The van der Waals surface area contributed by atoms with E-state index in [1.165, 1.54) is 12.4 Å². The van der Waals surface area contributed by atoms with Gasteiger partial charge in [-0.3, -0.25) is 9.59 Å². The zero-order valence-corrected chi connectivity index (χ0v) is 11.0. The van der Waals surface area contributed by atoms with E-state index in [1.54, 1.807) is 4.90 Å². The molecule has 1 unspecified atom stereocenters. The number of halogens is 1. The van der Waals surface area contributed by atoms with Crippen LogP contribution < -0.4 is 0 Å². The van der Waals surface area contributed by atoms with Crippen molar-refractivity contribution in [1.82, 2.24) is 14.9 Å². The van der Waals surface area contributed by atoms with Crippen LogP contribution in [0, 0.1) is 0 Å². The Kier molecular flexibility index (Phi) is 4.31. The van der Waals surface area contributed by atoms with E-state index in [4.69, 9.17) is 16.7 Å². The van der Waals surface area contributed by atoms with Gasteiger partial charge in [-0.15, -0.1) is 0 Å². The van der Waals surface area contributed by atoms with Crippen LogP contribution in [0.2, 0.25) is 5.15 Å². The molecule has 6 nitrogen and oxygen atoms in total. The molecule has 0 saturated carbocycles. The minimum Gasteiger partial charge on any atom is -0.481 e. The van der Waals surface area contributed by atoms with E-state index in [0.717, 1.165) is 12.8 Å². The second-order valence-electron chi connectivity index (χ2n) is 4.47. The first kappa shape index (κ1) is 13.7. The van der Waals surface area contributed by atoms with Crippen molar-refractivity contribution in [2.45, 2.75) is 31.7 Å². The van der Waals surface area contributed by atoms with Gasteiger partial charge in [0.15, 0.2) is 0 Å². The zero-order valence-electron chi connectivity index (χ0n) is 10.3. The number of carboxylic acids is 1. The highest BCUT2D eigenvalue weighted by atomic mass is 35.5. The minimum absolute atomic E-state index is 0.0350. The number of hydrogen-bond donors (Lipinski definition) is 1. The van der Waals surface area contributed by atoms with Crippen molar-refractivity contribution in [2.75, 3.05) is 6.54 Å². The summed E-state index contributed by atoms with van der Waals surface area (Å²) in [7, 11) is 0. The highest BCUT2D eigenvalue weighted by molar-refractivity contribution is 6.29. The van der Waals surface area contributed by atoms with Crippen molar-refractivity contribution in [3.05, 3.63) is 23.2 Å². The standard InChI is InChI=1S/C12H14ClN3O3/c13-10-7-14-9(6-15-10)12(19)16-4-2-1-3-8(16)5-11(17)18/h6-8H,1-5H2,(H,17,18). The van der Waals surface area contributed by atoms with Gasteiger partial charge in [0.05, 0.1) is 18.8 Å². The molecule has 0 aliphatic carbocycles. The first-order valence-electron chi connectivity index (χ1n) is 6.08. The number of carbonyl (C=O) groups excluding carboxylic acids is 1. The van der Waals surface area contributed by atoms with E-state index in [2.05, 4.69) is 9.97 Å². The summed E-state index contributed by atoms with van der Waals surface area (Å²) < 4.78 is 0. The lowest BCUT2D eigenvalue weighted by molar-refractivity contribution is -0.138. The molecule has 1 amide bonds. The second-order valence-corrected chi connectivity index (χ2v) is 4.86. The molecule has 7 heteroatoms. The smallest absolute Gasteiger partial charge is 0.305 e. The van der Waals surface area contributed by atoms with Gasteiger partial charge in [-0.05, 0) is 19.3 Å². The summed E-state index contributed by atoms with van der Waals surface area (Å²) in [5, 5.41) is 9.11. The monoisotopic (exact) mass is 283 g/mol. The molecule has 0 aromatic carbocycles. The first-order valence-corrected chi connectivity index (χ1v) is 6.46. The number of likely N-dealkylation sites (tertiary alicyclic amines) is 1. The van der Waals surface area contributed by atoms with Crippen molar-refractivity contribution < 1.29 is 14.7 Å². The van der Waals surface area contributed by atoms with Crippen LogP contribution >= 0.6 is 11.6 Å². The Morgan fingerprint density at radius 3 is 2.79 bits per heavy atom. The molecule has 1 fully saturated rings. The summed E-state index contributed by atoms with van der Waals surface area (Å²) >= 11 is 5.62. The van der Waals surface area contributed by atoms with Gasteiger partial charge in [-0.2, -0.15) is 0 Å². The Morgan fingerprint density at radius 2 is 2.16 bits per heavy atom. The largest absolute Gasteiger partial charge is 0.481 e. The number of amides is 1. The van der Waals surface area contributed by atoms with Crippen LogP contribution in [0.5, 0.6) is 0 Å². The maximum absolute atomic E-state index is 12.3. The highest BCUT2D eigenvalue weighted by Crippen LogP contribution is 2.21. The van der Waals surface area contributed by atoms with Gasteiger partial charge < -0.3 is 10.0 Å². The van der Waals surface area contributed by atoms with Crippen LogP contribution in [-0.4, -0.2) is 44.4 Å². The predicted molar refractivity (Wildman–Crippen MR) is 68.0 cm³/mol. The summed E-state index contributed by atoms with van der Waals surface area (Å²) in [5.41, 5.74) is 0.196. The first-order chi connectivity index (χ1) is 9.08. The van der Waals surface area contributed by atoms with Crippen molar-refractivity contribution in [1.29, 1.82) is 0 Å². The van der Waals surface area contributed by atoms with Crippen LogP contribution in [-0.2, 0) is 4.79 Å². The molecule has 0 spiro atoms. The van der Waals surface area contributed by atoms with Crippen molar-refractivity contribution in [3.8, 4) is 0 Å². The topological polar surface area (TPSA) is 83.4 Å². The molecule has 0 radical (unpaired) electrons. The van der Waals surface area contributed by atoms with E-state index in [0.29, 0.717) is 13.0 Å². The molecule has 2 rings (SSSR count). The lowest BCUT2D eigenvalue weighted by Crippen LogP contribution is -2.45. The van der Waals surface area contributed by atoms with E-state index in [-0.39, 0.29) is 29.2 Å². The van der Waals surface area contributed by atoms with Crippen LogP contribution in [0.1, 0.15) is 36.2 Å². The van der Waals surface area contributed by atoms with Crippen LogP contribution in [0.25, 0.3) is 0 Å². The zero-order chi connectivity index (χ0) is 13.8. The fourth-order valence-corrected chi connectivity index (χ4v) is 2.35. The highest BCUT2D eigenvalue weighted by Gasteiger charge is 2.29. The number of aliphatic carboxylic acids is 1. The molecule has 1 aromatic rings. The Bertz CT molecular complexity index is 478. The molecule has 102 valence electrons. The Hall–Kier alpha value is -1.69. The van der Waals surface area contributed by atoms with Gasteiger partial charge in [0.2, 0.25) is 0 Å². The van der Waals surface area contributed by atoms with Crippen LogP contribution in [0.4, 0.5) is 0 Å². The lowest BCUT2D eigenvalue weighted by Gasteiger charge is -2.34. The number of carbonyl (C=O) groups is 2. The molecule has 1 atom stereocenters. The normalized spacial score (nSPS) is 19.2. The molecular formula is C12H14ClN3O3. The SMILES string of the molecule is O=C(O)CC1CCCCN1C(=O)c1cnc(Cl)cn1. The van der Waals surface area contributed by atoms with Crippen molar-refractivity contribution in [3.63, 3.8) is 0 Å². The average molecular weight is 284 g/mol. The third-order valence-electron chi connectivity index (χ3n) is 3.14. The van der Waals surface area contributed by atoms with E-state index in [9.17, 15) is 9.59 Å². The molecule has 1 saturated heterocycles. The van der Waals surface area contributed by atoms with Gasteiger partial charge in [0.1, 0.15) is 10.8 Å². The Labute approximate surface area is 115 Å². The van der Waals surface area contributed by atoms with Gasteiger partial charge in [0.25, 0.3) is 5.91 Å². The molecule has 19 heavy (non-hydrogen) atoms. The average Bonchev–Trinajstić information content (AvgIpc) is 2.39. The van der Waals surface area contributed by atoms with Gasteiger partial charge >= 0.3 is 5.97 Å². The van der Waals surface area contributed by atoms with E-state index < -0.39 is 5.97 Å². The van der Waals surface area contributed by atoms with Crippen LogP contribution in [0.3, 0.4) is 0 Å². The number of rotatable bonds is 3. The number of carboxylic acid groups (broad SMARTS) is 1. The molecule has 2 heterocycles. The molecule has 1 aromatic heterocycles. The molecule has 1 N–H and O–H groups in total. The maximum atomic E-state index is 12.3. The summed E-state index contributed by atoms with van der Waals surface area (Å²) in [6.07, 6.45) is 5.12. The van der Waals surface area contributed by atoms with Gasteiger partial charge in [0, 0.05) is 12.6 Å². The van der Waals surface area contributed by atoms with Gasteiger partial charge in [-0.1, -0.05) is 11.6 Å². The van der Waals surface area contributed by atoms with E-state index >= 15 is 0 Å². The fraction of sp³-hybridized carbons (Fsp3) is 0.500. The quantitative estimate of drug-likeness (QED) is 0.911. The predicted octanol–water partition coefficient (Wildman–Crippen LogP) is 1.60. The molecule has 0 bridgehead atoms. The second kappa shape index (κ2) is 5.97. The van der Waals surface area contributed by atoms with E-state index in [1.807, 2.05) is 0 Å². The third kappa shape index (κ3) is 3.41. The third-order valence-corrected chi connectivity index (χ3v) is 3.33. The Morgan fingerprint density at radius 1 is 1.37 bits per heavy atom. The Balaban J connectivity index is 2.15. The summed E-state index contributed by atoms with van der Waals surface area (Å²) in [5.74, 6) is -1.18. The maximum Gasteiger partial charge on any atom is 0.305 e. The van der Waals surface area contributed by atoms with Crippen molar-refractivity contribution >= 4 is 23.5 Å². The number of hydrogen-bond acceptors (Lipinski definition) is 4. The summed E-state index contributed by atoms with van der Waals surface area (Å²) in [6, 6.07) is -0.267. The number of aromatic nitrogens is 2. The molecule has 1 aliphatic heterocycles.